The lowest BCUT2D eigenvalue weighted by Gasteiger charge is -2.00. The zero-order valence-electron chi connectivity index (χ0n) is 3.82. The van der Waals surface area contributed by atoms with E-state index in [1.165, 1.54) is 0 Å². The van der Waals surface area contributed by atoms with E-state index in [4.69, 9.17) is 0 Å². The third-order valence-electron chi connectivity index (χ3n) is 0. The minimum atomic E-state index is 0. The van der Waals surface area contributed by atoms with Gasteiger partial charge in [0.2, 0.25) is 0 Å². The number of rotatable bonds is 0. The molecule has 3 heteroatoms. The first-order valence-corrected chi connectivity index (χ1v) is 1.41. The van der Waals surface area contributed by atoms with Crippen molar-refractivity contribution < 1.29 is 16.9 Å². The van der Waals surface area contributed by atoms with Crippen molar-refractivity contribution in [1.29, 1.82) is 0 Å². The zero-order chi connectivity index (χ0) is 4.00. The summed E-state index contributed by atoms with van der Waals surface area (Å²) in [6.07, 6.45) is 0. The average molecular weight is 80.1 g/mol. The van der Waals surface area contributed by atoms with Crippen molar-refractivity contribution in [3.05, 3.63) is 0 Å². The number of hydrogen-bond donors (Lipinski definition) is 2. The highest BCUT2D eigenvalue weighted by Gasteiger charge is 0.876. The van der Waals surface area contributed by atoms with E-state index in [-0.39, 0.29) is 5.48 Å². The molecule has 5 heavy (non-hydrogen) atoms. The standard InChI is InChI=1S/2CH5N.O/c2*1-2;/h2*2H2,1H3;/q;;-2/p+2. The first-order chi connectivity index (χ1) is 2.00. The molecule has 0 aliphatic carbocycles. The largest absolute Gasteiger partial charge is 2.00 e. The Morgan fingerprint density at radius 2 is 0.800 bits per heavy atom. The molecule has 0 amide bonds. The fourth-order valence-electron chi connectivity index (χ4n) is 0. The summed E-state index contributed by atoms with van der Waals surface area (Å²) < 4.78 is 0. The van der Waals surface area contributed by atoms with E-state index < -0.39 is 0 Å². The number of hydrogen-bond acceptors (Lipinski definition) is 0. The molecule has 0 unspecified atom stereocenters. The van der Waals surface area contributed by atoms with E-state index in [0.29, 0.717) is 0 Å². The molecule has 0 fully saturated rings. The zero-order valence-corrected chi connectivity index (χ0v) is 3.82. The lowest BCUT2D eigenvalue weighted by molar-refractivity contribution is -0.325. The van der Waals surface area contributed by atoms with Crippen molar-refractivity contribution in [2.75, 3.05) is 14.1 Å². The molecule has 0 aromatic rings. The Labute approximate surface area is 32.3 Å². The first-order valence-electron chi connectivity index (χ1n) is 1.41. The minimum absolute atomic E-state index is 0. The average Bonchev–Trinajstić information content (AvgIpc) is 1.50. The molecule has 0 bridgehead atoms. The highest BCUT2D eigenvalue weighted by atomic mass is 16.0. The second-order valence-electron chi connectivity index (χ2n) is 0. The van der Waals surface area contributed by atoms with Crippen LogP contribution >= 0.6 is 0 Å². The molecule has 0 aliphatic rings. The van der Waals surface area contributed by atoms with Gasteiger partial charge in [0.1, 0.15) is 0 Å². The van der Waals surface area contributed by atoms with Crippen molar-refractivity contribution in [3.63, 3.8) is 0 Å². The number of quaternary nitrogens is 2. The predicted molar refractivity (Wildman–Crippen MR) is 18.3 cm³/mol. The van der Waals surface area contributed by atoms with E-state index in [1.807, 2.05) is 0 Å². The lowest BCUT2D eigenvalue weighted by atomic mass is 11.6. The van der Waals surface area contributed by atoms with Crippen LogP contribution in [0.3, 0.4) is 0 Å². The molecule has 36 valence electrons. The Bertz CT molecular complexity index is 7.61. The molecule has 6 N–H and O–H groups in total. The van der Waals surface area contributed by atoms with Gasteiger partial charge in [0.15, 0.2) is 0 Å². The summed E-state index contributed by atoms with van der Waals surface area (Å²) in [5.74, 6) is 0. The van der Waals surface area contributed by atoms with Crippen LogP contribution in [0.5, 0.6) is 0 Å². The van der Waals surface area contributed by atoms with Crippen LogP contribution in [-0.2, 0) is 5.48 Å². The third kappa shape index (κ3) is 952. The summed E-state index contributed by atoms with van der Waals surface area (Å²) in [6, 6.07) is 0. The van der Waals surface area contributed by atoms with E-state index in [1.54, 1.807) is 14.1 Å². The van der Waals surface area contributed by atoms with Crippen LogP contribution in [0.2, 0.25) is 0 Å². The topological polar surface area (TPSA) is 83.8 Å². The highest BCUT2D eigenvalue weighted by Crippen LogP contribution is 0.253. The Morgan fingerprint density at radius 3 is 0.800 bits per heavy atom. The van der Waals surface area contributed by atoms with Crippen molar-refractivity contribution in [1.82, 2.24) is 0 Å². The fourth-order valence-corrected chi connectivity index (χ4v) is 0. The Morgan fingerprint density at radius 1 is 0.800 bits per heavy atom. The molecule has 0 aromatic carbocycles. The van der Waals surface area contributed by atoms with Crippen LogP contribution in [0.4, 0.5) is 0 Å². The Hall–Kier alpha value is -0.120. The first kappa shape index (κ1) is 20.8. The van der Waals surface area contributed by atoms with Crippen molar-refractivity contribution in [3.8, 4) is 0 Å². The minimum Gasteiger partial charge on any atom is -2.00 e. The van der Waals surface area contributed by atoms with E-state index in [2.05, 4.69) is 11.5 Å². The molecule has 3 nitrogen and oxygen atoms in total. The van der Waals surface area contributed by atoms with Crippen LogP contribution < -0.4 is 11.5 Å². The molecule has 0 saturated carbocycles. The normalized spacial score (nSPS) is 2.40. The van der Waals surface area contributed by atoms with Crippen LogP contribution in [0, 0.1) is 0 Å². The monoisotopic (exact) mass is 80.1 g/mol. The Kier molecular flexibility index (Phi) is 9290. The molecular formula is C2H12N2O. The summed E-state index contributed by atoms with van der Waals surface area (Å²) in [5, 5.41) is 0. The van der Waals surface area contributed by atoms with Gasteiger partial charge in [-0.25, -0.2) is 0 Å². The van der Waals surface area contributed by atoms with Crippen LogP contribution in [-0.4, -0.2) is 14.1 Å². The molecule has 0 aromatic heterocycles. The van der Waals surface area contributed by atoms with Gasteiger partial charge in [-0.15, -0.1) is 0 Å². The maximum Gasteiger partial charge on any atom is 0.0634 e. The summed E-state index contributed by atoms with van der Waals surface area (Å²) in [7, 11) is 3.50. The molecule has 0 rings (SSSR count). The van der Waals surface area contributed by atoms with E-state index in [9.17, 15) is 0 Å². The molecule has 0 saturated heterocycles. The van der Waals surface area contributed by atoms with Gasteiger partial charge in [0, 0.05) is 0 Å². The molecule has 0 radical (unpaired) electrons. The fraction of sp³-hybridized carbons (Fsp3) is 1.00. The van der Waals surface area contributed by atoms with Gasteiger partial charge in [-0.3, -0.25) is 0 Å². The second-order valence-corrected chi connectivity index (χ2v) is 0. The Balaban J connectivity index is -0.0000000133. The molecule has 0 aliphatic heterocycles. The molecular weight excluding hydrogens is 68.0 g/mol. The maximum atomic E-state index is 3.25. The van der Waals surface area contributed by atoms with Crippen LogP contribution in [0.1, 0.15) is 0 Å². The quantitative estimate of drug-likeness (QED) is 0.325. The van der Waals surface area contributed by atoms with Crippen LogP contribution in [0.15, 0.2) is 0 Å². The van der Waals surface area contributed by atoms with Crippen molar-refractivity contribution in [2.24, 2.45) is 0 Å². The van der Waals surface area contributed by atoms with Crippen LogP contribution in [0.25, 0.3) is 0 Å². The lowest BCUT2D eigenvalue weighted by Crippen LogP contribution is -2.40. The summed E-state index contributed by atoms with van der Waals surface area (Å²) in [6.45, 7) is 0. The molecule has 0 atom stereocenters. The van der Waals surface area contributed by atoms with E-state index in [0.717, 1.165) is 0 Å². The predicted octanol–water partition coefficient (Wildman–Crippen LogP) is -2.40. The van der Waals surface area contributed by atoms with Gasteiger partial charge in [0.05, 0.1) is 14.1 Å². The third-order valence-corrected chi connectivity index (χ3v) is 0. The molecule has 0 heterocycles. The van der Waals surface area contributed by atoms with Crippen molar-refractivity contribution in [2.45, 2.75) is 0 Å². The van der Waals surface area contributed by atoms with Gasteiger partial charge in [-0.1, -0.05) is 0 Å². The smallest absolute Gasteiger partial charge is 0.0634 e. The highest BCUT2D eigenvalue weighted by molar-refractivity contribution is 3.08. The summed E-state index contributed by atoms with van der Waals surface area (Å²) in [5.41, 5.74) is 6.50. The van der Waals surface area contributed by atoms with Gasteiger partial charge in [0.25, 0.3) is 0 Å². The van der Waals surface area contributed by atoms with Crippen molar-refractivity contribution >= 4 is 0 Å². The van der Waals surface area contributed by atoms with E-state index >= 15 is 0 Å². The van der Waals surface area contributed by atoms with Gasteiger partial charge >= 0.3 is 0 Å². The SMILES string of the molecule is C[NH3+].C[NH3+].[O-2]. The summed E-state index contributed by atoms with van der Waals surface area (Å²) >= 11 is 0. The maximum absolute atomic E-state index is 3.25. The van der Waals surface area contributed by atoms with Gasteiger partial charge < -0.3 is 16.9 Å². The second kappa shape index (κ2) is 2230. The molecule has 0 spiro atoms. The van der Waals surface area contributed by atoms with Gasteiger partial charge in [-0.2, -0.15) is 0 Å². The summed E-state index contributed by atoms with van der Waals surface area (Å²) in [4.78, 5) is 0. The van der Waals surface area contributed by atoms with Gasteiger partial charge in [-0.05, 0) is 0 Å².